The monoisotopic (exact) mass is 445 g/mol. The molecule has 0 bridgehead atoms. The van der Waals surface area contributed by atoms with Gasteiger partial charge in [0.05, 0.1) is 6.26 Å². The summed E-state index contributed by atoms with van der Waals surface area (Å²) in [6, 6.07) is 9.20. The van der Waals surface area contributed by atoms with Gasteiger partial charge in [0.25, 0.3) is 11.8 Å². The Hall–Kier alpha value is -2.80. The number of piperidine rings is 1. The average Bonchev–Trinajstić information content (AvgIpc) is 3.32. The van der Waals surface area contributed by atoms with Crippen molar-refractivity contribution in [2.24, 2.45) is 5.92 Å². The fourth-order valence-corrected chi connectivity index (χ4v) is 3.73. The maximum absolute atomic E-state index is 13.0. The number of furan rings is 1. The first-order chi connectivity index (χ1) is 14.9. The highest BCUT2D eigenvalue weighted by Crippen LogP contribution is 2.16. The molecule has 2 aromatic rings. The van der Waals surface area contributed by atoms with E-state index in [1.807, 2.05) is 13.8 Å². The van der Waals surface area contributed by atoms with Crippen LogP contribution in [-0.4, -0.2) is 47.8 Å². The fraction of sp³-hybridized carbons (Fsp3) is 0.435. The number of rotatable bonds is 7. The summed E-state index contributed by atoms with van der Waals surface area (Å²) in [7, 11) is 0. The highest BCUT2D eigenvalue weighted by Gasteiger charge is 2.30. The zero-order valence-electron chi connectivity index (χ0n) is 17.8. The summed E-state index contributed by atoms with van der Waals surface area (Å²) >= 11 is 5.89. The molecule has 1 aromatic heterocycles. The van der Waals surface area contributed by atoms with Gasteiger partial charge in [-0.3, -0.25) is 14.4 Å². The predicted octanol–water partition coefficient (Wildman–Crippen LogP) is 3.50. The van der Waals surface area contributed by atoms with E-state index in [-0.39, 0.29) is 29.7 Å². The van der Waals surface area contributed by atoms with Gasteiger partial charge in [-0.05, 0) is 55.2 Å². The van der Waals surface area contributed by atoms with Crippen molar-refractivity contribution >= 4 is 29.3 Å². The normalized spacial score (nSPS) is 16.4. The first-order valence-electron chi connectivity index (χ1n) is 10.6. The summed E-state index contributed by atoms with van der Waals surface area (Å²) in [5, 5.41) is 6.47. The van der Waals surface area contributed by atoms with Gasteiger partial charge in [-0.15, -0.1) is 0 Å². The van der Waals surface area contributed by atoms with E-state index in [0.717, 1.165) is 6.42 Å². The highest BCUT2D eigenvalue weighted by atomic mass is 35.5. The molecule has 0 radical (unpaired) electrons. The Kier molecular flexibility index (Phi) is 7.74. The first kappa shape index (κ1) is 22.9. The third-order valence-corrected chi connectivity index (χ3v) is 6.00. The van der Waals surface area contributed by atoms with Crippen LogP contribution in [0.1, 0.15) is 54.0 Å². The van der Waals surface area contributed by atoms with E-state index in [0.29, 0.717) is 42.3 Å². The fourth-order valence-electron chi connectivity index (χ4n) is 3.60. The number of amides is 3. The lowest BCUT2D eigenvalue weighted by Crippen LogP contribution is -2.54. The van der Waals surface area contributed by atoms with Crippen LogP contribution < -0.4 is 10.6 Å². The Morgan fingerprint density at radius 3 is 2.42 bits per heavy atom. The van der Waals surface area contributed by atoms with Gasteiger partial charge in [0.2, 0.25) is 5.91 Å². The summed E-state index contributed by atoms with van der Waals surface area (Å²) < 4.78 is 5.18. The van der Waals surface area contributed by atoms with Crippen molar-refractivity contribution in [2.75, 3.05) is 13.1 Å². The van der Waals surface area contributed by atoms with E-state index in [2.05, 4.69) is 10.6 Å². The second-order valence-corrected chi connectivity index (χ2v) is 8.33. The van der Waals surface area contributed by atoms with Crippen LogP contribution in [0.3, 0.4) is 0 Å². The van der Waals surface area contributed by atoms with E-state index in [9.17, 15) is 14.4 Å². The van der Waals surface area contributed by atoms with Gasteiger partial charge in [-0.25, -0.2) is 0 Å². The zero-order chi connectivity index (χ0) is 22.4. The molecular weight excluding hydrogens is 418 g/mol. The van der Waals surface area contributed by atoms with E-state index < -0.39 is 6.04 Å². The lowest BCUT2D eigenvalue weighted by atomic mass is 9.96. The number of halogens is 1. The van der Waals surface area contributed by atoms with Crippen molar-refractivity contribution in [1.29, 1.82) is 0 Å². The molecule has 2 N–H and O–H groups in total. The van der Waals surface area contributed by atoms with Gasteiger partial charge in [-0.2, -0.15) is 0 Å². The van der Waals surface area contributed by atoms with Crippen molar-refractivity contribution < 1.29 is 18.8 Å². The van der Waals surface area contributed by atoms with Gasteiger partial charge in [0.15, 0.2) is 5.76 Å². The summed E-state index contributed by atoms with van der Waals surface area (Å²) in [4.78, 5) is 39.7. The van der Waals surface area contributed by atoms with Crippen molar-refractivity contribution in [3.63, 3.8) is 0 Å². The number of carbonyl (C=O) groups is 3. The number of hydrogen-bond donors (Lipinski definition) is 2. The van der Waals surface area contributed by atoms with Crippen LogP contribution in [-0.2, 0) is 4.79 Å². The number of carbonyl (C=O) groups excluding carboxylic acids is 3. The highest BCUT2D eigenvalue weighted by molar-refractivity contribution is 6.30. The summed E-state index contributed by atoms with van der Waals surface area (Å²) in [5.41, 5.74) is 0.454. The van der Waals surface area contributed by atoms with E-state index in [1.54, 1.807) is 41.3 Å². The largest absolute Gasteiger partial charge is 0.459 e. The van der Waals surface area contributed by atoms with Crippen LogP contribution in [0.5, 0.6) is 0 Å². The van der Waals surface area contributed by atoms with Crippen LogP contribution in [0, 0.1) is 5.92 Å². The maximum Gasteiger partial charge on any atom is 0.289 e. The van der Waals surface area contributed by atoms with E-state index >= 15 is 0 Å². The molecule has 8 heteroatoms. The molecule has 1 aromatic carbocycles. The number of nitrogens with one attached hydrogen (secondary N) is 2. The molecule has 7 nitrogen and oxygen atoms in total. The summed E-state index contributed by atoms with van der Waals surface area (Å²) in [5.74, 6) is -0.355. The topological polar surface area (TPSA) is 91.7 Å². The number of benzene rings is 1. The Balaban J connectivity index is 1.56. The van der Waals surface area contributed by atoms with Crippen LogP contribution >= 0.6 is 11.6 Å². The van der Waals surface area contributed by atoms with Gasteiger partial charge >= 0.3 is 0 Å². The molecule has 2 atom stereocenters. The number of nitrogens with zero attached hydrogens (tertiary/aromatic N) is 1. The molecule has 3 rings (SSSR count). The summed E-state index contributed by atoms with van der Waals surface area (Å²) in [6.07, 6.45) is 3.52. The molecule has 0 spiro atoms. The molecule has 31 heavy (non-hydrogen) atoms. The third kappa shape index (κ3) is 5.88. The first-order valence-corrected chi connectivity index (χ1v) is 11.0. The lowest BCUT2D eigenvalue weighted by Gasteiger charge is -2.33. The van der Waals surface area contributed by atoms with Crippen LogP contribution in [0.25, 0.3) is 0 Å². The molecule has 1 aliphatic heterocycles. The van der Waals surface area contributed by atoms with Crippen LogP contribution in [0.2, 0.25) is 5.02 Å². The Bertz CT molecular complexity index is 890. The van der Waals surface area contributed by atoms with Crippen molar-refractivity contribution in [1.82, 2.24) is 15.5 Å². The Labute approximate surface area is 187 Å². The molecule has 3 amide bonds. The molecular formula is C23H28ClN3O4. The van der Waals surface area contributed by atoms with Gasteiger partial charge in [0.1, 0.15) is 6.04 Å². The molecule has 166 valence electrons. The van der Waals surface area contributed by atoms with Crippen LogP contribution in [0.15, 0.2) is 47.1 Å². The van der Waals surface area contributed by atoms with Gasteiger partial charge < -0.3 is 20.0 Å². The SMILES string of the molecule is CCC(C)C(NC(=O)c1ccc(Cl)cc1)C(=O)NC1CCN(C(=O)c2ccco2)CC1. The second kappa shape index (κ2) is 10.5. The van der Waals surface area contributed by atoms with E-state index in [4.69, 9.17) is 16.0 Å². The standard InChI is InChI=1S/C23H28ClN3O4/c1-3-15(2)20(26-21(28)16-6-8-17(24)9-7-16)22(29)25-18-10-12-27(13-11-18)23(30)19-5-4-14-31-19/h4-9,14-15,18,20H,3,10-13H2,1-2H3,(H,25,29)(H,26,28). The maximum atomic E-state index is 13.0. The van der Waals surface area contributed by atoms with Crippen molar-refractivity contribution in [3.05, 3.63) is 59.0 Å². The van der Waals surface area contributed by atoms with Gasteiger partial charge in [0, 0.05) is 29.7 Å². The second-order valence-electron chi connectivity index (χ2n) is 7.90. The minimum atomic E-state index is -0.643. The number of likely N-dealkylation sites (tertiary alicyclic amines) is 1. The smallest absolute Gasteiger partial charge is 0.289 e. The summed E-state index contributed by atoms with van der Waals surface area (Å²) in [6.45, 7) is 5.00. The zero-order valence-corrected chi connectivity index (χ0v) is 18.5. The molecule has 1 aliphatic rings. The quantitative estimate of drug-likeness (QED) is 0.682. The van der Waals surface area contributed by atoms with Crippen molar-refractivity contribution in [2.45, 2.75) is 45.2 Å². The Morgan fingerprint density at radius 2 is 1.84 bits per heavy atom. The predicted molar refractivity (Wildman–Crippen MR) is 118 cm³/mol. The van der Waals surface area contributed by atoms with Gasteiger partial charge in [-0.1, -0.05) is 31.9 Å². The molecule has 0 saturated carbocycles. The third-order valence-electron chi connectivity index (χ3n) is 5.75. The minimum Gasteiger partial charge on any atom is -0.459 e. The molecule has 2 heterocycles. The minimum absolute atomic E-state index is 0.0307. The lowest BCUT2D eigenvalue weighted by molar-refractivity contribution is -0.125. The molecule has 0 aliphatic carbocycles. The molecule has 1 saturated heterocycles. The Morgan fingerprint density at radius 1 is 1.16 bits per heavy atom. The van der Waals surface area contributed by atoms with Crippen molar-refractivity contribution in [3.8, 4) is 0 Å². The number of hydrogen-bond acceptors (Lipinski definition) is 4. The molecule has 2 unspecified atom stereocenters. The van der Waals surface area contributed by atoms with E-state index in [1.165, 1.54) is 6.26 Å². The van der Waals surface area contributed by atoms with Crippen LogP contribution in [0.4, 0.5) is 0 Å². The molecule has 1 fully saturated rings. The average molecular weight is 446 g/mol.